The predicted octanol–water partition coefficient (Wildman–Crippen LogP) is 2.63. The van der Waals surface area contributed by atoms with Crippen LogP contribution < -0.4 is 9.73 Å². The maximum Gasteiger partial charge on any atom is 0.260 e. The van der Waals surface area contributed by atoms with Crippen LogP contribution in [0.25, 0.3) is 0 Å². The topological polar surface area (TPSA) is 78.8 Å². The number of thiophene rings is 1. The van der Waals surface area contributed by atoms with Gasteiger partial charge in [-0.1, -0.05) is 17.7 Å². The number of nitrogens with zero attached hydrogens (tertiary/aromatic N) is 2. The fraction of sp³-hybridized carbons (Fsp3) is 0.200. The fourth-order valence-corrected chi connectivity index (χ4v) is 3.70. The summed E-state index contributed by atoms with van der Waals surface area (Å²) in [6.45, 7) is 1.36. The SMILES string of the molecule is Cc1cc(Cl)ccc1N(CC(=O)N/N=C\c1cccs1)S(C)(=O)=O. The van der Waals surface area contributed by atoms with Crippen molar-refractivity contribution < 1.29 is 13.2 Å². The smallest absolute Gasteiger partial charge is 0.260 e. The van der Waals surface area contributed by atoms with Gasteiger partial charge in [0.15, 0.2) is 0 Å². The molecule has 0 aliphatic rings. The van der Waals surface area contributed by atoms with Gasteiger partial charge in [0.05, 0.1) is 18.2 Å². The minimum Gasteiger partial charge on any atom is -0.271 e. The van der Waals surface area contributed by atoms with Crippen molar-refractivity contribution in [3.05, 3.63) is 51.2 Å². The molecule has 1 amide bonds. The van der Waals surface area contributed by atoms with E-state index in [0.717, 1.165) is 15.4 Å². The van der Waals surface area contributed by atoms with Crippen LogP contribution in [0.3, 0.4) is 0 Å². The summed E-state index contributed by atoms with van der Waals surface area (Å²) in [5, 5.41) is 6.20. The van der Waals surface area contributed by atoms with Crippen molar-refractivity contribution in [1.29, 1.82) is 0 Å². The third-order valence-electron chi connectivity index (χ3n) is 3.04. The van der Waals surface area contributed by atoms with Crippen molar-refractivity contribution in [2.24, 2.45) is 5.10 Å². The van der Waals surface area contributed by atoms with Gasteiger partial charge in [0, 0.05) is 9.90 Å². The zero-order valence-electron chi connectivity index (χ0n) is 13.1. The standard InChI is InChI=1S/C15H16ClN3O3S2/c1-11-8-12(16)5-6-14(11)19(24(2,21)22)10-15(20)18-17-9-13-4-3-7-23-13/h3-9H,10H2,1-2H3,(H,18,20)/b17-9-. The van der Waals surface area contributed by atoms with Crippen molar-refractivity contribution in [3.63, 3.8) is 0 Å². The van der Waals surface area contributed by atoms with E-state index in [1.165, 1.54) is 17.6 Å². The van der Waals surface area contributed by atoms with Crippen LogP contribution in [0.4, 0.5) is 5.69 Å². The second-order valence-corrected chi connectivity index (χ2v) is 8.33. The van der Waals surface area contributed by atoms with Gasteiger partial charge in [-0.25, -0.2) is 13.8 Å². The Morgan fingerprint density at radius 1 is 1.42 bits per heavy atom. The molecule has 0 aliphatic carbocycles. The summed E-state index contributed by atoms with van der Waals surface area (Å²) in [6.07, 6.45) is 2.55. The second kappa shape index (κ2) is 7.78. The molecule has 0 aliphatic heterocycles. The second-order valence-electron chi connectivity index (χ2n) is 5.01. The minimum atomic E-state index is -3.64. The molecule has 2 rings (SSSR count). The first-order valence-corrected chi connectivity index (χ1v) is 9.97. The Morgan fingerprint density at radius 3 is 2.75 bits per heavy atom. The number of nitrogens with one attached hydrogen (secondary N) is 1. The van der Waals surface area contributed by atoms with E-state index in [2.05, 4.69) is 10.5 Å². The van der Waals surface area contributed by atoms with Crippen LogP contribution in [0, 0.1) is 6.92 Å². The van der Waals surface area contributed by atoms with Crippen LogP contribution >= 0.6 is 22.9 Å². The molecule has 24 heavy (non-hydrogen) atoms. The zero-order valence-corrected chi connectivity index (χ0v) is 15.5. The summed E-state index contributed by atoms with van der Waals surface area (Å²) in [5.41, 5.74) is 3.39. The quantitative estimate of drug-likeness (QED) is 0.613. The van der Waals surface area contributed by atoms with Gasteiger partial charge in [-0.15, -0.1) is 11.3 Å². The lowest BCUT2D eigenvalue weighted by atomic mass is 10.2. The van der Waals surface area contributed by atoms with E-state index in [4.69, 9.17) is 11.6 Å². The molecule has 2 aromatic rings. The number of rotatable bonds is 6. The number of sulfonamides is 1. The minimum absolute atomic E-state index is 0.372. The molecular formula is C15H16ClN3O3S2. The molecule has 6 nitrogen and oxygen atoms in total. The number of halogens is 1. The molecule has 0 radical (unpaired) electrons. The Kier molecular flexibility index (Phi) is 5.98. The molecule has 0 unspecified atom stereocenters. The molecule has 1 heterocycles. The van der Waals surface area contributed by atoms with Gasteiger partial charge < -0.3 is 0 Å². The molecule has 128 valence electrons. The van der Waals surface area contributed by atoms with Crippen LogP contribution in [0.1, 0.15) is 10.4 Å². The summed E-state index contributed by atoms with van der Waals surface area (Å²) < 4.78 is 25.1. The highest BCUT2D eigenvalue weighted by Gasteiger charge is 2.22. The lowest BCUT2D eigenvalue weighted by molar-refractivity contribution is -0.119. The third kappa shape index (κ3) is 5.05. The molecule has 0 saturated carbocycles. The van der Waals surface area contributed by atoms with E-state index < -0.39 is 15.9 Å². The number of carbonyl (C=O) groups excluding carboxylic acids is 1. The van der Waals surface area contributed by atoms with E-state index in [1.807, 2.05) is 17.5 Å². The number of anilines is 1. The van der Waals surface area contributed by atoms with Crippen LogP contribution in [-0.2, 0) is 14.8 Å². The van der Waals surface area contributed by atoms with Crippen LogP contribution in [0.2, 0.25) is 5.02 Å². The van der Waals surface area contributed by atoms with Gasteiger partial charge in [0.1, 0.15) is 6.54 Å². The highest BCUT2D eigenvalue weighted by molar-refractivity contribution is 7.92. The number of aryl methyl sites for hydroxylation is 1. The van der Waals surface area contributed by atoms with E-state index in [1.54, 1.807) is 25.1 Å². The van der Waals surface area contributed by atoms with E-state index in [9.17, 15) is 13.2 Å². The summed E-state index contributed by atoms with van der Waals surface area (Å²) >= 11 is 7.37. The molecule has 0 atom stereocenters. The van der Waals surface area contributed by atoms with E-state index in [-0.39, 0.29) is 6.54 Å². The lowest BCUT2D eigenvalue weighted by Crippen LogP contribution is -2.39. The lowest BCUT2D eigenvalue weighted by Gasteiger charge is -2.23. The number of hydrogen-bond acceptors (Lipinski definition) is 5. The van der Waals surface area contributed by atoms with Gasteiger partial charge in [-0.3, -0.25) is 9.10 Å². The monoisotopic (exact) mass is 385 g/mol. The van der Waals surface area contributed by atoms with E-state index >= 15 is 0 Å². The maximum atomic E-state index is 12.0. The Bertz CT molecular complexity index is 849. The molecule has 1 N–H and O–H groups in total. The van der Waals surface area contributed by atoms with Crippen LogP contribution in [0.5, 0.6) is 0 Å². The van der Waals surface area contributed by atoms with Crippen molar-refractivity contribution in [1.82, 2.24) is 5.43 Å². The Hall–Kier alpha value is -1.90. The predicted molar refractivity (Wildman–Crippen MR) is 98.4 cm³/mol. The van der Waals surface area contributed by atoms with Crippen molar-refractivity contribution in [2.75, 3.05) is 17.1 Å². The molecule has 0 spiro atoms. The summed E-state index contributed by atoms with van der Waals surface area (Å²) in [4.78, 5) is 12.9. The van der Waals surface area contributed by atoms with Gasteiger partial charge >= 0.3 is 0 Å². The molecule has 1 aromatic carbocycles. The molecular weight excluding hydrogens is 370 g/mol. The summed E-state index contributed by atoms with van der Waals surface area (Å²) in [5.74, 6) is -0.539. The average molecular weight is 386 g/mol. The fourth-order valence-electron chi connectivity index (χ4n) is 1.98. The molecule has 1 aromatic heterocycles. The number of benzene rings is 1. The normalized spacial score (nSPS) is 11.6. The molecule has 9 heteroatoms. The van der Waals surface area contributed by atoms with Crippen molar-refractivity contribution in [2.45, 2.75) is 6.92 Å². The molecule has 0 saturated heterocycles. The van der Waals surface area contributed by atoms with Gasteiger partial charge in [0.2, 0.25) is 10.0 Å². The van der Waals surface area contributed by atoms with Crippen molar-refractivity contribution >= 4 is 50.8 Å². The highest BCUT2D eigenvalue weighted by Crippen LogP contribution is 2.25. The first kappa shape index (κ1) is 18.4. The largest absolute Gasteiger partial charge is 0.271 e. The number of carbonyl (C=O) groups is 1. The number of amides is 1. The van der Waals surface area contributed by atoms with Crippen LogP contribution in [-0.4, -0.2) is 33.3 Å². The first-order valence-electron chi connectivity index (χ1n) is 6.86. The van der Waals surface area contributed by atoms with Gasteiger partial charge in [-0.05, 0) is 42.1 Å². The highest BCUT2D eigenvalue weighted by atomic mass is 35.5. The Labute approximate surface area is 149 Å². The summed E-state index contributed by atoms with van der Waals surface area (Å²) in [6, 6.07) is 8.50. The average Bonchev–Trinajstić information content (AvgIpc) is 2.98. The third-order valence-corrected chi connectivity index (χ3v) is 5.21. The first-order chi connectivity index (χ1) is 11.3. The Balaban J connectivity index is 2.13. The van der Waals surface area contributed by atoms with Crippen LogP contribution in [0.15, 0.2) is 40.8 Å². The number of hydrogen-bond donors (Lipinski definition) is 1. The molecule has 0 bridgehead atoms. The summed E-state index contributed by atoms with van der Waals surface area (Å²) in [7, 11) is -3.64. The maximum absolute atomic E-state index is 12.0. The van der Waals surface area contributed by atoms with E-state index in [0.29, 0.717) is 16.3 Å². The van der Waals surface area contributed by atoms with Gasteiger partial charge in [-0.2, -0.15) is 5.10 Å². The number of hydrazone groups is 1. The zero-order chi connectivity index (χ0) is 17.7. The van der Waals surface area contributed by atoms with Crippen molar-refractivity contribution in [3.8, 4) is 0 Å². The van der Waals surface area contributed by atoms with Gasteiger partial charge in [0.25, 0.3) is 5.91 Å². The Morgan fingerprint density at radius 2 is 2.17 bits per heavy atom. The molecule has 0 fully saturated rings.